The minimum atomic E-state index is -0.800. The lowest BCUT2D eigenvalue weighted by atomic mass is 9.47. The predicted octanol–water partition coefficient (Wildman–Crippen LogP) is 2.44. The molecule has 0 amide bonds. The van der Waals surface area contributed by atoms with Crippen LogP contribution in [0, 0.1) is 5.92 Å². The van der Waals surface area contributed by atoms with E-state index in [0.717, 1.165) is 31.4 Å². The van der Waals surface area contributed by atoms with Gasteiger partial charge in [-0.05, 0) is 57.3 Å². The van der Waals surface area contributed by atoms with E-state index < -0.39 is 5.60 Å². The number of likely N-dealkylation sites (N-methyl/N-ethyl adjacent to an activating group) is 1. The van der Waals surface area contributed by atoms with E-state index in [4.69, 9.17) is 4.74 Å². The van der Waals surface area contributed by atoms with E-state index in [2.05, 4.69) is 11.9 Å². The molecule has 2 bridgehead atoms. The SMILES string of the molecule is CN1CC[C@]23c4c5ccc(O)c4O[C@@]2(C)C(=O)CC[C@H]3[C@@H]1C5.Cl. The first kappa shape index (κ1) is 15.3. The van der Waals surface area contributed by atoms with Crippen LogP contribution in [0.1, 0.15) is 37.3 Å². The number of Topliss-reactive ketones (excluding diaryl/α,β-unsaturated/α-hetero) is 1. The first-order valence-electron chi connectivity index (χ1n) is 8.27. The van der Waals surface area contributed by atoms with Crippen LogP contribution < -0.4 is 4.74 Å². The second-order valence-electron chi connectivity index (χ2n) is 7.63. The van der Waals surface area contributed by atoms with Gasteiger partial charge < -0.3 is 14.7 Å². The second-order valence-corrected chi connectivity index (χ2v) is 7.63. The van der Waals surface area contributed by atoms with E-state index in [9.17, 15) is 9.90 Å². The van der Waals surface area contributed by atoms with Crippen LogP contribution in [0.15, 0.2) is 12.1 Å². The average molecular weight is 336 g/mol. The number of likely N-dealkylation sites (tertiary alicyclic amines) is 1. The Bertz CT molecular complexity index is 720. The minimum absolute atomic E-state index is 0. The van der Waals surface area contributed by atoms with Crippen LogP contribution in [0.5, 0.6) is 11.5 Å². The van der Waals surface area contributed by atoms with E-state index in [1.54, 1.807) is 6.07 Å². The number of piperidine rings is 1. The van der Waals surface area contributed by atoms with Crippen LogP contribution >= 0.6 is 12.4 Å². The number of halogens is 1. The van der Waals surface area contributed by atoms with Gasteiger partial charge in [0.15, 0.2) is 22.9 Å². The molecule has 4 nitrogen and oxygen atoms in total. The number of phenolic OH excluding ortho intramolecular Hbond substituents is 1. The summed E-state index contributed by atoms with van der Waals surface area (Å²) in [7, 11) is 2.20. The molecule has 0 aromatic heterocycles. The van der Waals surface area contributed by atoms with Gasteiger partial charge in [0.25, 0.3) is 0 Å². The summed E-state index contributed by atoms with van der Waals surface area (Å²) in [4.78, 5) is 15.3. The van der Waals surface area contributed by atoms with Crippen LogP contribution in [0.2, 0.25) is 0 Å². The Kier molecular flexibility index (Phi) is 2.94. The van der Waals surface area contributed by atoms with Gasteiger partial charge in [0.2, 0.25) is 0 Å². The Morgan fingerprint density at radius 3 is 2.96 bits per heavy atom. The van der Waals surface area contributed by atoms with E-state index in [1.807, 2.05) is 13.0 Å². The molecule has 2 heterocycles. The topological polar surface area (TPSA) is 49.8 Å². The molecule has 23 heavy (non-hydrogen) atoms. The Labute approximate surface area is 142 Å². The summed E-state index contributed by atoms with van der Waals surface area (Å²) < 4.78 is 6.23. The molecule has 1 saturated heterocycles. The molecular formula is C18H22ClNO3. The quantitative estimate of drug-likeness (QED) is 0.791. The highest BCUT2D eigenvalue weighted by Crippen LogP contribution is 2.66. The van der Waals surface area contributed by atoms with Gasteiger partial charge >= 0.3 is 0 Å². The Hall–Kier alpha value is -1.26. The maximum atomic E-state index is 12.8. The molecule has 1 aromatic rings. The average Bonchev–Trinajstić information content (AvgIpc) is 2.78. The first-order valence-corrected chi connectivity index (χ1v) is 8.27. The van der Waals surface area contributed by atoms with Crippen molar-refractivity contribution in [3.63, 3.8) is 0 Å². The van der Waals surface area contributed by atoms with E-state index in [-0.39, 0.29) is 29.4 Å². The molecule has 0 radical (unpaired) electrons. The number of nitrogens with zero attached hydrogens (tertiary/aromatic N) is 1. The lowest BCUT2D eigenvalue weighted by Gasteiger charge is -2.60. The van der Waals surface area contributed by atoms with Crippen molar-refractivity contribution in [3.8, 4) is 11.5 Å². The fourth-order valence-electron chi connectivity index (χ4n) is 5.94. The maximum Gasteiger partial charge on any atom is 0.177 e. The van der Waals surface area contributed by atoms with Gasteiger partial charge in [0.1, 0.15) is 0 Å². The summed E-state index contributed by atoms with van der Waals surface area (Å²) in [5.74, 6) is 1.43. The fraction of sp³-hybridized carbons (Fsp3) is 0.611. The minimum Gasteiger partial charge on any atom is -0.504 e. The molecule has 1 aromatic carbocycles. The second kappa shape index (κ2) is 4.42. The number of carbonyl (C=O) groups excluding carboxylic acids is 1. The van der Waals surface area contributed by atoms with E-state index >= 15 is 0 Å². The van der Waals surface area contributed by atoms with Crippen molar-refractivity contribution in [2.75, 3.05) is 13.6 Å². The van der Waals surface area contributed by atoms with Crippen molar-refractivity contribution in [1.29, 1.82) is 0 Å². The maximum absolute atomic E-state index is 12.8. The van der Waals surface area contributed by atoms with Gasteiger partial charge in [0, 0.05) is 18.0 Å². The molecule has 2 fully saturated rings. The van der Waals surface area contributed by atoms with Crippen molar-refractivity contribution in [1.82, 2.24) is 4.90 Å². The fourth-order valence-corrected chi connectivity index (χ4v) is 5.94. The van der Waals surface area contributed by atoms with E-state index in [1.165, 1.54) is 5.56 Å². The zero-order valence-electron chi connectivity index (χ0n) is 13.5. The van der Waals surface area contributed by atoms with Crippen LogP contribution in [-0.4, -0.2) is 41.0 Å². The van der Waals surface area contributed by atoms with Crippen molar-refractivity contribution in [2.24, 2.45) is 5.92 Å². The number of carbonyl (C=O) groups is 1. The highest BCUT2D eigenvalue weighted by molar-refractivity contribution is 5.93. The molecule has 0 unspecified atom stereocenters. The number of hydrogen-bond acceptors (Lipinski definition) is 4. The van der Waals surface area contributed by atoms with Crippen molar-refractivity contribution < 1.29 is 14.6 Å². The number of ether oxygens (including phenoxy) is 1. The largest absolute Gasteiger partial charge is 0.504 e. The standard InChI is InChI=1S/C18H21NO3.ClH/c1-17-14(21)6-4-11-12-9-10-3-5-13(20)16(22-17)15(10)18(11,17)7-8-19(12)2;/h3,5,11-12,20H,4,6-9H2,1-2H3;1H/t11-,12-,17-,18-;/m0./s1. The van der Waals surface area contributed by atoms with Crippen molar-refractivity contribution >= 4 is 18.2 Å². The van der Waals surface area contributed by atoms with Gasteiger partial charge in [-0.1, -0.05) is 6.07 Å². The Balaban J connectivity index is 0.00000135. The summed E-state index contributed by atoms with van der Waals surface area (Å²) in [6.45, 7) is 2.96. The van der Waals surface area contributed by atoms with Crippen LogP contribution in [0.25, 0.3) is 0 Å². The lowest BCUT2D eigenvalue weighted by Crippen LogP contribution is -2.70. The number of benzene rings is 1. The highest BCUT2D eigenvalue weighted by atomic mass is 35.5. The monoisotopic (exact) mass is 335 g/mol. The molecule has 1 saturated carbocycles. The number of rotatable bonds is 0. The van der Waals surface area contributed by atoms with Crippen LogP contribution in [0.4, 0.5) is 0 Å². The Morgan fingerprint density at radius 1 is 1.39 bits per heavy atom. The third kappa shape index (κ3) is 1.46. The summed E-state index contributed by atoms with van der Waals surface area (Å²) in [6, 6.07) is 4.24. The van der Waals surface area contributed by atoms with Gasteiger partial charge in [-0.25, -0.2) is 0 Å². The molecule has 4 atom stereocenters. The molecule has 1 N–H and O–H groups in total. The zero-order chi connectivity index (χ0) is 15.3. The number of phenols is 1. The molecular weight excluding hydrogens is 314 g/mol. The van der Waals surface area contributed by atoms with Crippen LogP contribution in [0.3, 0.4) is 0 Å². The number of ketones is 1. The molecule has 4 aliphatic rings. The number of aromatic hydroxyl groups is 1. The number of hydrogen-bond donors (Lipinski definition) is 1. The molecule has 2 aliphatic carbocycles. The van der Waals surface area contributed by atoms with Crippen molar-refractivity contribution in [2.45, 2.75) is 49.7 Å². The summed E-state index contributed by atoms with van der Waals surface area (Å²) in [5, 5.41) is 10.3. The third-order valence-corrected chi connectivity index (χ3v) is 6.99. The summed E-state index contributed by atoms with van der Waals surface area (Å²) >= 11 is 0. The first-order chi connectivity index (χ1) is 10.5. The summed E-state index contributed by atoms with van der Waals surface area (Å²) in [6.07, 6.45) is 3.48. The van der Waals surface area contributed by atoms with Gasteiger partial charge in [-0.3, -0.25) is 4.79 Å². The third-order valence-electron chi connectivity index (χ3n) is 6.99. The van der Waals surface area contributed by atoms with Crippen molar-refractivity contribution in [3.05, 3.63) is 23.3 Å². The van der Waals surface area contributed by atoms with Gasteiger partial charge in [-0.2, -0.15) is 0 Å². The summed E-state index contributed by atoms with van der Waals surface area (Å²) in [5.41, 5.74) is 1.38. The predicted molar refractivity (Wildman–Crippen MR) is 88.5 cm³/mol. The smallest absolute Gasteiger partial charge is 0.177 e. The van der Waals surface area contributed by atoms with E-state index in [0.29, 0.717) is 24.1 Å². The van der Waals surface area contributed by atoms with Gasteiger partial charge in [-0.15, -0.1) is 12.4 Å². The normalized spacial score (nSPS) is 40.2. The molecule has 2 aliphatic heterocycles. The molecule has 5 heteroatoms. The molecule has 124 valence electrons. The highest BCUT2D eigenvalue weighted by Gasteiger charge is 2.71. The van der Waals surface area contributed by atoms with Crippen LogP contribution in [-0.2, 0) is 16.6 Å². The lowest BCUT2D eigenvalue weighted by molar-refractivity contribution is -0.153. The molecule has 1 spiro atoms. The molecule has 5 rings (SSSR count). The zero-order valence-corrected chi connectivity index (χ0v) is 14.3. The Morgan fingerprint density at radius 2 is 2.17 bits per heavy atom. The van der Waals surface area contributed by atoms with Gasteiger partial charge in [0.05, 0.1) is 5.41 Å².